The predicted molar refractivity (Wildman–Crippen MR) is 137 cm³/mol. The van der Waals surface area contributed by atoms with Gasteiger partial charge >= 0.3 is 17.8 Å². The Bertz CT molecular complexity index is 1170. The zero-order valence-corrected chi connectivity index (χ0v) is 22.2. The molecule has 0 radical (unpaired) electrons. The van der Waals surface area contributed by atoms with Crippen LogP contribution in [-0.2, 0) is 32.1 Å². The van der Waals surface area contributed by atoms with Crippen molar-refractivity contribution in [3.63, 3.8) is 0 Å². The number of rotatable bonds is 6. The smallest absolute Gasteiger partial charge is 0.314 e. The summed E-state index contributed by atoms with van der Waals surface area (Å²) in [6.07, 6.45) is 3.23. The van der Waals surface area contributed by atoms with E-state index in [4.69, 9.17) is 16.3 Å². The molecule has 4 rings (SSSR count). The minimum Gasteiger partial charge on any atom is -0.466 e. The first kappa shape index (κ1) is 27.0. The minimum atomic E-state index is -0.899. The maximum absolute atomic E-state index is 13.1. The monoisotopic (exact) mass is 548 g/mol. The molecule has 1 saturated carbocycles. The van der Waals surface area contributed by atoms with E-state index in [9.17, 15) is 19.2 Å². The number of nitrogens with zero attached hydrogens (tertiary/aromatic N) is 3. The molecule has 3 atom stereocenters. The van der Waals surface area contributed by atoms with Gasteiger partial charge in [-0.2, -0.15) is 0 Å². The van der Waals surface area contributed by atoms with E-state index < -0.39 is 29.8 Å². The number of hydrogen-bond donors (Lipinski definition) is 3. The summed E-state index contributed by atoms with van der Waals surface area (Å²) in [6.45, 7) is 3.61. The lowest BCUT2D eigenvalue weighted by Gasteiger charge is -2.35. The van der Waals surface area contributed by atoms with Crippen LogP contribution in [0.25, 0.3) is 0 Å². The Balaban J connectivity index is 1.44. The third-order valence-corrected chi connectivity index (χ3v) is 7.70. The number of thiazole rings is 1. The number of carbonyl (C=O) groups is 4. The van der Waals surface area contributed by atoms with Crippen LogP contribution in [0.1, 0.15) is 46.6 Å². The van der Waals surface area contributed by atoms with Gasteiger partial charge in [0.2, 0.25) is 0 Å². The fourth-order valence-corrected chi connectivity index (χ4v) is 5.69. The zero-order valence-electron chi connectivity index (χ0n) is 20.6. The van der Waals surface area contributed by atoms with Crippen LogP contribution in [0, 0.1) is 5.92 Å². The van der Waals surface area contributed by atoms with E-state index in [1.165, 1.54) is 23.6 Å². The molecule has 1 fully saturated rings. The SMILES string of the molecule is CCOC(=O)[C@H]1CC[C@H](NC(=O)C(=O)Nc2ccc(Cl)cn2)[C@H](NC(=O)c2nc3c(s2)CN(C)CC3)C1. The van der Waals surface area contributed by atoms with E-state index in [1.807, 2.05) is 7.05 Å². The summed E-state index contributed by atoms with van der Waals surface area (Å²) in [5, 5.41) is 8.81. The van der Waals surface area contributed by atoms with E-state index in [2.05, 4.69) is 30.8 Å². The second-order valence-electron chi connectivity index (χ2n) is 9.11. The molecule has 2 aliphatic rings. The molecule has 37 heavy (non-hydrogen) atoms. The number of amides is 3. The van der Waals surface area contributed by atoms with Gasteiger partial charge in [-0.15, -0.1) is 11.3 Å². The summed E-state index contributed by atoms with van der Waals surface area (Å²) in [4.78, 5) is 62.4. The molecular weight excluding hydrogens is 520 g/mol. The Morgan fingerprint density at radius 3 is 2.70 bits per heavy atom. The van der Waals surface area contributed by atoms with Gasteiger partial charge in [0.25, 0.3) is 5.91 Å². The molecule has 0 bridgehead atoms. The van der Waals surface area contributed by atoms with Gasteiger partial charge in [-0.05, 0) is 45.4 Å². The van der Waals surface area contributed by atoms with Crippen LogP contribution in [0.2, 0.25) is 5.02 Å². The summed E-state index contributed by atoms with van der Waals surface area (Å²) >= 11 is 7.15. The van der Waals surface area contributed by atoms with Gasteiger partial charge in [-0.1, -0.05) is 11.6 Å². The normalized spacial score (nSPS) is 21.4. The molecule has 0 unspecified atom stereocenters. The maximum atomic E-state index is 13.1. The van der Waals surface area contributed by atoms with Crippen LogP contribution in [-0.4, -0.2) is 70.8 Å². The Morgan fingerprint density at radius 2 is 1.97 bits per heavy atom. The van der Waals surface area contributed by atoms with Crippen molar-refractivity contribution in [3.05, 3.63) is 38.9 Å². The number of fused-ring (bicyclic) bond motifs is 1. The van der Waals surface area contributed by atoms with Crippen LogP contribution in [0.4, 0.5) is 5.82 Å². The van der Waals surface area contributed by atoms with E-state index >= 15 is 0 Å². The van der Waals surface area contributed by atoms with Crippen LogP contribution >= 0.6 is 22.9 Å². The van der Waals surface area contributed by atoms with Crippen molar-refractivity contribution in [1.29, 1.82) is 0 Å². The molecule has 3 heterocycles. The molecule has 2 aromatic rings. The Hall–Kier alpha value is -3.09. The molecule has 13 heteroatoms. The number of hydrogen-bond acceptors (Lipinski definition) is 9. The van der Waals surface area contributed by atoms with Gasteiger partial charge in [-0.3, -0.25) is 19.2 Å². The van der Waals surface area contributed by atoms with Crippen molar-refractivity contribution in [2.45, 2.75) is 51.2 Å². The van der Waals surface area contributed by atoms with Crippen molar-refractivity contribution in [2.75, 3.05) is 25.5 Å². The first-order valence-electron chi connectivity index (χ1n) is 12.1. The number of esters is 1. The summed E-state index contributed by atoms with van der Waals surface area (Å²) in [7, 11) is 2.02. The molecule has 11 nitrogen and oxygen atoms in total. The lowest BCUT2D eigenvalue weighted by Crippen LogP contribution is -2.56. The van der Waals surface area contributed by atoms with Crippen molar-refractivity contribution in [1.82, 2.24) is 25.5 Å². The van der Waals surface area contributed by atoms with Gasteiger partial charge in [0, 0.05) is 36.6 Å². The molecule has 1 aliphatic carbocycles. The first-order valence-corrected chi connectivity index (χ1v) is 13.3. The van der Waals surface area contributed by atoms with Crippen LogP contribution in [0.3, 0.4) is 0 Å². The summed E-state index contributed by atoms with van der Waals surface area (Å²) in [5.41, 5.74) is 0.929. The predicted octanol–water partition coefficient (Wildman–Crippen LogP) is 1.76. The Labute approximate surface area is 223 Å². The van der Waals surface area contributed by atoms with Crippen molar-refractivity contribution in [3.8, 4) is 0 Å². The van der Waals surface area contributed by atoms with Gasteiger partial charge in [0.15, 0.2) is 5.01 Å². The van der Waals surface area contributed by atoms with Gasteiger partial charge in [-0.25, -0.2) is 9.97 Å². The average Bonchev–Trinajstić information content (AvgIpc) is 3.30. The topological polar surface area (TPSA) is 143 Å². The van der Waals surface area contributed by atoms with Gasteiger partial charge < -0.3 is 25.6 Å². The largest absolute Gasteiger partial charge is 0.466 e. The number of likely N-dealkylation sites (N-methyl/N-ethyl adjacent to an activating group) is 1. The van der Waals surface area contributed by atoms with Crippen molar-refractivity contribution < 1.29 is 23.9 Å². The average molecular weight is 549 g/mol. The highest BCUT2D eigenvalue weighted by Crippen LogP contribution is 2.28. The van der Waals surface area contributed by atoms with Gasteiger partial charge in [0.1, 0.15) is 5.82 Å². The van der Waals surface area contributed by atoms with Crippen LogP contribution in [0.5, 0.6) is 0 Å². The maximum Gasteiger partial charge on any atom is 0.314 e. The number of aromatic nitrogens is 2. The third kappa shape index (κ3) is 6.82. The summed E-state index contributed by atoms with van der Waals surface area (Å²) in [6, 6.07) is 1.86. The third-order valence-electron chi connectivity index (χ3n) is 6.39. The Kier molecular flexibility index (Phi) is 8.72. The molecule has 3 amide bonds. The highest BCUT2D eigenvalue weighted by atomic mass is 35.5. The van der Waals surface area contributed by atoms with Crippen LogP contribution in [0.15, 0.2) is 18.3 Å². The highest BCUT2D eigenvalue weighted by Gasteiger charge is 2.37. The summed E-state index contributed by atoms with van der Waals surface area (Å²) < 4.78 is 5.18. The molecule has 2 aromatic heterocycles. The molecule has 198 valence electrons. The van der Waals surface area contributed by atoms with E-state index in [-0.39, 0.29) is 30.7 Å². The van der Waals surface area contributed by atoms with Crippen molar-refractivity contribution >= 4 is 52.4 Å². The van der Waals surface area contributed by atoms with E-state index in [0.29, 0.717) is 22.9 Å². The summed E-state index contributed by atoms with van der Waals surface area (Å²) in [5.74, 6) is -2.73. The van der Waals surface area contributed by atoms with E-state index in [0.717, 1.165) is 30.1 Å². The second-order valence-corrected chi connectivity index (χ2v) is 10.6. The van der Waals surface area contributed by atoms with Crippen LogP contribution < -0.4 is 16.0 Å². The van der Waals surface area contributed by atoms with E-state index in [1.54, 1.807) is 13.0 Å². The lowest BCUT2D eigenvalue weighted by atomic mass is 9.82. The number of ether oxygens (including phenoxy) is 1. The fraction of sp³-hybridized carbons (Fsp3) is 0.500. The number of carbonyl (C=O) groups excluding carboxylic acids is 4. The van der Waals surface area contributed by atoms with Crippen molar-refractivity contribution in [2.24, 2.45) is 5.92 Å². The van der Waals surface area contributed by atoms with Gasteiger partial charge in [0.05, 0.1) is 29.3 Å². The molecule has 0 spiro atoms. The molecule has 0 saturated heterocycles. The number of anilines is 1. The zero-order chi connectivity index (χ0) is 26.5. The number of halogens is 1. The Morgan fingerprint density at radius 1 is 1.16 bits per heavy atom. The quantitative estimate of drug-likeness (QED) is 0.366. The molecule has 3 N–H and O–H groups in total. The fourth-order valence-electron chi connectivity index (χ4n) is 4.48. The molecular formula is C24H29ClN6O5S. The molecule has 1 aliphatic heterocycles. The number of nitrogens with one attached hydrogen (secondary N) is 3. The lowest BCUT2D eigenvalue weighted by molar-refractivity contribution is -0.149. The second kappa shape index (κ2) is 12.0. The standard InChI is InChI=1S/C24H29ClN6O5S/c1-3-36-24(35)13-4-6-15(27-20(32)21(33)30-19-7-5-14(25)11-26-19)17(10-13)28-22(34)23-29-16-8-9-31(2)12-18(16)37-23/h5,7,11,13,15,17H,3-4,6,8-10,12H2,1-2H3,(H,27,32)(H,28,34)(H,26,30,33)/t13-,15-,17+/m0/s1. The highest BCUT2D eigenvalue weighted by molar-refractivity contribution is 7.13. The number of pyridine rings is 1. The molecule has 0 aromatic carbocycles. The first-order chi connectivity index (χ1) is 17.7. The minimum absolute atomic E-state index is 0.179.